The van der Waals surface area contributed by atoms with Crippen molar-refractivity contribution >= 4 is 11.0 Å². The largest absolute Gasteiger partial charge is 0.497 e. The highest BCUT2D eigenvalue weighted by molar-refractivity contribution is 5.88. The van der Waals surface area contributed by atoms with Crippen molar-refractivity contribution in [2.45, 2.75) is 31.7 Å². The standard InChI is InChI=1S/C20H24N4O/c1-13-9-14(7-8-24(13)2)18-19(15-5-4-6-16(10-15)25-3)23-17-11-21-12-22-20(17)18/h4-6,10-14,23H,7-9H2,1-3H3. The normalized spacial score (nSPS) is 21.6. The van der Waals surface area contributed by atoms with Gasteiger partial charge >= 0.3 is 0 Å². The first-order chi connectivity index (χ1) is 12.2. The average Bonchev–Trinajstić information content (AvgIpc) is 3.03. The molecule has 5 heteroatoms. The van der Waals surface area contributed by atoms with Crippen LogP contribution in [0.4, 0.5) is 0 Å². The topological polar surface area (TPSA) is 54.0 Å². The molecule has 1 aliphatic rings. The molecular weight excluding hydrogens is 312 g/mol. The maximum Gasteiger partial charge on any atom is 0.119 e. The quantitative estimate of drug-likeness (QED) is 0.790. The smallest absolute Gasteiger partial charge is 0.119 e. The van der Waals surface area contributed by atoms with Gasteiger partial charge in [-0.15, -0.1) is 0 Å². The van der Waals surface area contributed by atoms with Crippen molar-refractivity contribution in [1.82, 2.24) is 19.9 Å². The van der Waals surface area contributed by atoms with Gasteiger partial charge in [0, 0.05) is 17.2 Å². The molecule has 0 bridgehead atoms. The monoisotopic (exact) mass is 336 g/mol. The van der Waals surface area contributed by atoms with Gasteiger partial charge in [-0.2, -0.15) is 0 Å². The van der Waals surface area contributed by atoms with Crippen molar-refractivity contribution < 1.29 is 4.74 Å². The second kappa shape index (κ2) is 6.48. The Bertz CT molecular complexity index is 888. The molecular formula is C20H24N4O. The lowest BCUT2D eigenvalue weighted by Gasteiger charge is -2.35. The van der Waals surface area contributed by atoms with Crippen LogP contribution in [0.5, 0.6) is 5.75 Å². The van der Waals surface area contributed by atoms with Gasteiger partial charge < -0.3 is 14.6 Å². The molecule has 1 aromatic carbocycles. The molecule has 2 aromatic heterocycles. The number of rotatable bonds is 3. The summed E-state index contributed by atoms with van der Waals surface area (Å²) >= 11 is 0. The summed E-state index contributed by atoms with van der Waals surface area (Å²) in [5.74, 6) is 1.36. The number of piperidine rings is 1. The predicted octanol–water partition coefficient (Wildman–Crippen LogP) is 3.83. The van der Waals surface area contributed by atoms with Crippen LogP contribution in [0.3, 0.4) is 0 Å². The van der Waals surface area contributed by atoms with Crippen molar-refractivity contribution in [2.75, 3.05) is 20.7 Å². The zero-order valence-electron chi connectivity index (χ0n) is 15.0. The molecule has 1 N–H and O–H groups in total. The van der Waals surface area contributed by atoms with Crippen molar-refractivity contribution in [3.63, 3.8) is 0 Å². The van der Waals surface area contributed by atoms with Crippen molar-refractivity contribution in [1.29, 1.82) is 0 Å². The highest BCUT2D eigenvalue weighted by atomic mass is 16.5. The number of H-pyrrole nitrogens is 1. The van der Waals surface area contributed by atoms with E-state index in [1.54, 1.807) is 13.4 Å². The maximum atomic E-state index is 5.42. The predicted molar refractivity (Wildman–Crippen MR) is 99.9 cm³/mol. The number of hydrogen-bond donors (Lipinski definition) is 1. The third-order valence-electron chi connectivity index (χ3n) is 5.47. The third kappa shape index (κ3) is 2.89. The Hall–Kier alpha value is -2.40. The molecule has 0 amide bonds. The van der Waals surface area contributed by atoms with Crippen molar-refractivity contribution in [3.05, 3.63) is 42.4 Å². The van der Waals surface area contributed by atoms with E-state index in [-0.39, 0.29) is 0 Å². The minimum absolute atomic E-state index is 0.496. The van der Waals surface area contributed by atoms with Gasteiger partial charge in [-0.05, 0) is 51.4 Å². The lowest BCUT2D eigenvalue weighted by Crippen LogP contribution is -2.37. The Balaban J connectivity index is 1.86. The molecule has 1 saturated heterocycles. The lowest BCUT2D eigenvalue weighted by molar-refractivity contribution is 0.183. The van der Waals surface area contributed by atoms with Crippen LogP contribution in [0.15, 0.2) is 36.8 Å². The molecule has 0 aliphatic carbocycles. The van der Waals surface area contributed by atoms with Gasteiger partial charge in [-0.1, -0.05) is 12.1 Å². The van der Waals surface area contributed by atoms with E-state index in [1.165, 1.54) is 5.56 Å². The molecule has 4 rings (SSSR count). The average molecular weight is 336 g/mol. The van der Waals surface area contributed by atoms with Crippen LogP contribution >= 0.6 is 0 Å². The molecule has 2 unspecified atom stereocenters. The van der Waals surface area contributed by atoms with Gasteiger partial charge in [-0.3, -0.25) is 0 Å². The number of fused-ring (bicyclic) bond motifs is 1. The summed E-state index contributed by atoms with van der Waals surface area (Å²) in [5.41, 5.74) is 5.66. The van der Waals surface area contributed by atoms with Crippen molar-refractivity contribution in [2.24, 2.45) is 0 Å². The van der Waals surface area contributed by atoms with E-state index in [2.05, 4.69) is 46.0 Å². The van der Waals surface area contributed by atoms with E-state index in [4.69, 9.17) is 4.74 Å². The zero-order valence-corrected chi connectivity index (χ0v) is 15.0. The molecule has 1 aliphatic heterocycles. The van der Waals surface area contributed by atoms with Gasteiger partial charge in [0.2, 0.25) is 0 Å². The fraction of sp³-hybridized carbons (Fsp3) is 0.400. The first-order valence-electron chi connectivity index (χ1n) is 8.83. The van der Waals surface area contributed by atoms with Crippen LogP contribution in [0.1, 0.15) is 31.2 Å². The van der Waals surface area contributed by atoms with E-state index < -0.39 is 0 Å². The van der Waals surface area contributed by atoms with E-state index in [9.17, 15) is 0 Å². The number of likely N-dealkylation sites (tertiary alicyclic amines) is 1. The molecule has 130 valence electrons. The van der Waals surface area contributed by atoms with Crippen LogP contribution in [-0.2, 0) is 0 Å². The fourth-order valence-corrected chi connectivity index (χ4v) is 3.91. The first-order valence-corrected chi connectivity index (χ1v) is 8.83. The SMILES string of the molecule is COc1cccc(-c2[nH]c3cncnc3c2C2CCN(C)C(C)C2)c1. The summed E-state index contributed by atoms with van der Waals surface area (Å²) < 4.78 is 5.42. The number of nitrogens with zero attached hydrogens (tertiary/aromatic N) is 3. The summed E-state index contributed by atoms with van der Waals surface area (Å²) in [5, 5.41) is 0. The maximum absolute atomic E-state index is 5.42. The number of benzene rings is 1. The van der Waals surface area contributed by atoms with E-state index in [1.807, 2.05) is 18.3 Å². The summed E-state index contributed by atoms with van der Waals surface area (Å²) in [4.78, 5) is 14.8. The molecule has 3 heterocycles. The Morgan fingerprint density at radius 2 is 2.20 bits per heavy atom. The second-order valence-corrected chi connectivity index (χ2v) is 6.98. The van der Waals surface area contributed by atoms with Crippen LogP contribution < -0.4 is 4.74 Å². The molecule has 5 nitrogen and oxygen atoms in total. The van der Waals surface area contributed by atoms with Gasteiger partial charge in [0.15, 0.2) is 0 Å². The number of hydrogen-bond acceptors (Lipinski definition) is 4. The number of ether oxygens (including phenoxy) is 1. The van der Waals surface area contributed by atoms with E-state index >= 15 is 0 Å². The van der Waals surface area contributed by atoms with Gasteiger partial charge in [0.05, 0.1) is 30.0 Å². The Labute approximate surface area is 148 Å². The number of nitrogens with one attached hydrogen (secondary N) is 1. The molecule has 3 aromatic rings. The Morgan fingerprint density at radius 1 is 1.32 bits per heavy atom. The summed E-state index contributed by atoms with van der Waals surface area (Å²) in [6, 6.07) is 8.79. The van der Waals surface area contributed by atoms with Gasteiger partial charge in [0.1, 0.15) is 12.1 Å². The zero-order chi connectivity index (χ0) is 17.4. The Morgan fingerprint density at radius 3 is 3.00 bits per heavy atom. The third-order valence-corrected chi connectivity index (χ3v) is 5.47. The molecule has 0 spiro atoms. The van der Waals surface area contributed by atoms with Crippen LogP contribution in [0.25, 0.3) is 22.3 Å². The van der Waals surface area contributed by atoms with Crippen LogP contribution in [0, 0.1) is 0 Å². The van der Waals surface area contributed by atoms with Crippen LogP contribution in [0.2, 0.25) is 0 Å². The minimum atomic E-state index is 0.496. The molecule has 25 heavy (non-hydrogen) atoms. The summed E-state index contributed by atoms with van der Waals surface area (Å²) in [7, 11) is 3.91. The molecule has 0 saturated carbocycles. The number of aromatic amines is 1. The molecule has 0 radical (unpaired) electrons. The number of methoxy groups -OCH3 is 1. The van der Waals surface area contributed by atoms with Gasteiger partial charge in [-0.25, -0.2) is 9.97 Å². The fourth-order valence-electron chi connectivity index (χ4n) is 3.91. The van der Waals surface area contributed by atoms with E-state index in [0.29, 0.717) is 12.0 Å². The number of aromatic nitrogens is 3. The van der Waals surface area contributed by atoms with Crippen molar-refractivity contribution in [3.8, 4) is 17.0 Å². The second-order valence-electron chi connectivity index (χ2n) is 6.98. The Kier molecular flexibility index (Phi) is 4.17. The molecule has 1 fully saturated rings. The molecule has 2 atom stereocenters. The minimum Gasteiger partial charge on any atom is -0.497 e. The van der Waals surface area contributed by atoms with Crippen LogP contribution in [-0.4, -0.2) is 46.6 Å². The lowest BCUT2D eigenvalue weighted by atomic mass is 9.84. The summed E-state index contributed by atoms with van der Waals surface area (Å²) in [6.07, 6.45) is 5.81. The highest BCUT2D eigenvalue weighted by Crippen LogP contribution is 2.40. The summed E-state index contributed by atoms with van der Waals surface area (Å²) in [6.45, 7) is 3.42. The van der Waals surface area contributed by atoms with Gasteiger partial charge in [0.25, 0.3) is 0 Å². The first kappa shape index (κ1) is 16.1. The highest BCUT2D eigenvalue weighted by Gasteiger charge is 2.29. The van der Waals surface area contributed by atoms with E-state index in [0.717, 1.165) is 47.4 Å².